The van der Waals surface area contributed by atoms with Crippen LogP contribution in [0.5, 0.6) is 17.2 Å². The van der Waals surface area contributed by atoms with Crippen molar-refractivity contribution < 1.29 is 14.2 Å². The summed E-state index contributed by atoms with van der Waals surface area (Å²) in [5, 5.41) is 9.15. The molecule has 2 aromatic carbocycles. The maximum absolute atomic E-state index is 6.45. The third kappa shape index (κ3) is 3.09. The van der Waals surface area contributed by atoms with E-state index < -0.39 is 0 Å². The fraction of sp³-hybridized carbons (Fsp3) is 0.227. The van der Waals surface area contributed by atoms with Gasteiger partial charge < -0.3 is 14.2 Å². The summed E-state index contributed by atoms with van der Waals surface area (Å²) in [6.07, 6.45) is 0.476. The summed E-state index contributed by atoms with van der Waals surface area (Å²) in [6, 6.07) is 16.4. The van der Waals surface area contributed by atoms with Crippen LogP contribution in [0.2, 0.25) is 0 Å². The topological polar surface area (TPSA) is 43.3 Å². The Labute approximate surface area is 181 Å². The van der Waals surface area contributed by atoms with Crippen LogP contribution in [-0.2, 0) is 0 Å². The molecule has 0 spiro atoms. The van der Waals surface area contributed by atoms with Gasteiger partial charge in [-0.3, -0.25) is 0 Å². The smallest absolute Gasteiger partial charge is 0.215 e. The molecule has 0 fully saturated rings. The van der Waals surface area contributed by atoms with Crippen LogP contribution < -0.4 is 14.2 Å². The average Bonchev–Trinajstić information content (AvgIpc) is 3.43. The molecular weight excluding hydrogens is 452 g/mol. The highest BCUT2D eigenvalue weighted by Crippen LogP contribution is 2.49. The molecule has 0 saturated heterocycles. The third-order valence-electron chi connectivity index (χ3n) is 5.27. The van der Waals surface area contributed by atoms with Crippen molar-refractivity contribution in [1.82, 2.24) is 5.01 Å². The van der Waals surface area contributed by atoms with Crippen LogP contribution in [0.15, 0.2) is 63.5 Å². The molecule has 148 valence electrons. The lowest BCUT2D eigenvalue weighted by Gasteiger charge is -2.38. The Bertz CT molecular complexity index is 1080. The molecule has 2 atom stereocenters. The van der Waals surface area contributed by atoms with Gasteiger partial charge in [0, 0.05) is 22.0 Å². The fourth-order valence-electron chi connectivity index (χ4n) is 3.89. The molecule has 0 bridgehead atoms. The quantitative estimate of drug-likeness (QED) is 0.485. The Balaban J connectivity index is 1.63. The minimum atomic E-state index is -0.374. The number of hydrazone groups is 1. The second kappa shape index (κ2) is 7.39. The molecule has 3 aromatic rings. The maximum Gasteiger partial charge on any atom is 0.215 e. The second-order valence-electron chi connectivity index (χ2n) is 6.86. The standard InChI is InChI=1S/C22H19BrN2O3S/c1-26-19-10-14(15(23)11-20(19)27-2)22-25-17(13-6-3-4-7-18(13)28-22)12-16(24-25)21-8-5-9-29-21/h3-11,17,22H,12H2,1-2H3/t17-,22-/m1/s1. The lowest BCUT2D eigenvalue weighted by molar-refractivity contribution is -0.0196. The summed E-state index contributed by atoms with van der Waals surface area (Å²) >= 11 is 5.40. The molecule has 7 heteroatoms. The number of hydrogen-bond donors (Lipinski definition) is 0. The van der Waals surface area contributed by atoms with Crippen LogP contribution >= 0.6 is 27.3 Å². The van der Waals surface area contributed by atoms with E-state index in [4.69, 9.17) is 19.3 Å². The zero-order valence-corrected chi connectivity index (χ0v) is 18.4. The SMILES string of the molecule is COc1cc(Br)c([C@H]2Oc3ccccc3[C@H]3CC(c4cccs4)=NN32)cc1OC. The molecule has 1 aromatic heterocycles. The zero-order valence-electron chi connectivity index (χ0n) is 16.0. The highest BCUT2D eigenvalue weighted by molar-refractivity contribution is 9.10. The molecule has 0 aliphatic carbocycles. The number of hydrogen-bond acceptors (Lipinski definition) is 6. The largest absolute Gasteiger partial charge is 0.493 e. The molecule has 0 amide bonds. The van der Waals surface area contributed by atoms with Crippen molar-refractivity contribution in [1.29, 1.82) is 0 Å². The van der Waals surface area contributed by atoms with Gasteiger partial charge in [-0.25, -0.2) is 5.01 Å². The Kier molecular flexibility index (Phi) is 4.72. The van der Waals surface area contributed by atoms with Crippen molar-refractivity contribution >= 4 is 33.0 Å². The lowest BCUT2D eigenvalue weighted by atomic mass is 9.97. The van der Waals surface area contributed by atoms with E-state index in [1.54, 1.807) is 25.6 Å². The van der Waals surface area contributed by atoms with E-state index >= 15 is 0 Å². The monoisotopic (exact) mass is 470 g/mol. The zero-order chi connectivity index (χ0) is 20.0. The Morgan fingerprint density at radius 2 is 1.86 bits per heavy atom. The maximum atomic E-state index is 6.45. The molecule has 0 N–H and O–H groups in total. The Morgan fingerprint density at radius 3 is 2.62 bits per heavy atom. The number of para-hydroxylation sites is 1. The van der Waals surface area contributed by atoms with Crippen LogP contribution in [-0.4, -0.2) is 24.9 Å². The van der Waals surface area contributed by atoms with Gasteiger partial charge in [-0.15, -0.1) is 11.3 Å². The van der Waals surface area contributed by atoms with Gasteiger partial charge in [-0.05, 0) is 29.6 Å². The summed E-state index contributed by atoms with van der Waals surface area (Å²) in [6.45, 7) is 0. The van der Waals surface area contributed by atoms with Crippen LogP contribution in [0.3, 0.4) is 0 Å². The van der Waals surface area contributed by atoms with Crippen LogP contribution in [0.1, 0.15) is 34.7 Å². The normalized spacial score (nSPS) is 19.8. The fourth-order valence-corrected chi connectivity index (χ4v) is 5.13. The average molecular weight is 471 g/mol. The predicted molar refractivity (Wildman–Crippen MR) is 117 cm³/mol. The molecule has 5 rings (SSSR count). The number of methoxy groups -OCH3 is 2. The number of halogens is 1. The highest BCUT2D eigenvalue weighted by Gasteiger charge is 2.42. The van der Waals surface area contributed by atoms with E-state index in [0.29, 0.717) is 11.5 Å². The van der Waals surface area contributed by atoms with Gasteiger partial charge in [0.1, 0.15) is 5.75 Å². The number of ether oxygens (including phenoxy) is 3. The number of rotatable bonds is 4. The van der Waals surface area contributed by atoms with Gasteiger partial charge in [0.15, 0.2) is 11.5 Å². The second-order valence-corrected chi connectivity index (χ2v) is 8.66. The molecule has 2 aliphatic rings. The molecule has 2 aliphatic heterocycles. The summed E-state index contributed by atoms with van der Waals surface area (Å²) < 4.78 is 18.3. The minimum Gasteiger partial charge on any atom is -0.493 e. The first kappa shape index (κ1) is 18.5. The third-order valence-corrected chi connectivity index (χ3v) is 6.88. The van der Waals surface area contributed by atoms with E-state index in [1.165, 1.54) is 4.88 Å². The molecule has 3 heterocycles. The van der Waals surface area contributed by atoms with Crippen molar-refractivity contribution in [3.8, 4) is 17.2 Å². The number of fused-ring (bicyclic) bond motifs is 3. The van der Waals surface area contributed by atoms with Gasteiger partial charge in [0.05, 0.1) is 30.9 Å². The van der Waals surface area contributed by atoms with Crippen molar-refractivity contribution in [2.45, 2.75) is 18.7 Å². The van der Waals surface area contributed by atoms with Gasteiger partial charge in [-0.1, -0.05) is 40.2 Å². The van der Waals surface area contributed by atoms with Gasteiger partial charge in [0.25, 0.3) is 0 Å². The Hall–Kier alpha value is -2.51. The number of benzene rings is 2. The van der Waals surface area contributed by atoms with Crippen molar-refractivity contribution in [3.05, 3.63) is 74.4 Å². The summed E-state index contributed by atoms with van der Waals surface area (Å²) in [5.41, 5.74) is 3.20. The number of nitrogens with zero attached hydrogens (tertiary/aromatic N) is 2. The van der Waals surface area contributed by atoms with Crippen molar-refractivity contribution in [2.75, 3.05) is 14.2 Å². The summed E-state index contributed by atoms with van der Waals surface area (Å²) in [7, 11) is 3.27. The first-order valence-electron chi connectivity index (χ1n) is 9.26. The van der Waals surface area contributed by atoms with E-state index in [-0.39, 0.29) is 12.3 Å². The summed E-state index contributed by atoms with van der Waals surface area (Å²) in [5.74, 6) is 2.22. The molecule has 0 radical (unpaired) electrons. The van der Waals surface area contributed by atoms with Gasteiger partial charge in [-0.2, -0.15) is 5.10 Å². The van der Waals surface area contributed by atoms with E-state index in [2.05, 4.69) is 50.6 Å². The predicted octanol–water partition coefficient (Wildman–Crippen LogP) is 5.77. The van der Waals surface area contributed by atoms with Crippen LogP contribution in [0, 0.1) is 0 Å². The van der Waals surface area contributed by atoms with E-state index in [1.807, 2.05) is 24.3 Å². The first-order chi connectivity index (χ1) is 14.2. The molecule has 0 saturated carbocycles. The highest BCUT2D eigenvalue weighted by atomic mass is 79.9. The van der Waals surface area contributed by atoms with E-state index in [0.717, 1.165) is 33.5 Å². The van der Waals surface area contributed by atoms with Crippen LogP contribution in [0.25, 0.3) is 0 Å². The van der Waals surface area contributed by atoms with Crippen LogP contribution in [0.4, 0.5) is 0 Å². The van der Waals surface area contributed by atoms with Gasteiger partial charge >= 0.3 is 0 Å². The molecule has 0 unspecified atom stereocenters. The molecule has 29 heavy (non-hydrogen) atoms. The summed E-state index contributed by atoms with van der Waals surface area (Å²) in [4.78, 5) is 1.20. The molecule has 5 nitrogen and oxygen atoms in total. The first-order valence-corrected chi connectivity index (χ1v) is 10.9. The van der Waals surface area contributed by atoms with E-state index in [9.17, 15) is 0 Å². The molecular formula is C22H19BrN2O3S. The minimum absolute atomic E-state index is 0.127. The lowest BCUT2D eigenvalue weighted by Crippen LogP contribution is -2.33. The van der Waals surface area contributed by atoms with Crippen molar-refractivity contribution in [3.63, 3.8) is 0 Å². The number of thiophene rings is 1. The van der Waals surface area contributed by atoms with Crippen molar-refractivity contribution in [2.24, 2.45) is 5.10 Å². The van der Waals surface area contributed by atoms with Gasteiger partial charge in [0.2, 0.25) is 6.23 Å². The Morgan fingerprint density at radius 1 is 1.07 bits per heavy atom.